The van der Waals surface area contributed by atoms with Gasteiger partial charge >= 0.3 is 0 Å². The lowest BCUT2D eigenvalue weighted by molar-refractivity contribution is 0.639. The summed E-state index contributed by atoms with van der Waals surface area (Å²) in [4.78, 5) is 13.6. The Hall–Kier alpha value is -2.07. The minimum atomic E-state index is 0.240. The van der Waals surface area contributed by atoms with Crippen LogP contribution < -0.4 is 5.32 Å². The maximum absolute atomic E-state index is 4.91. The fourth-order valence-electron chi connectivity index (χ4n) is 3.40. The smallest absolute Gasteiger partial charge is 0.0771 e. The number of hydrogen-bond acceptors (Lipinski definition) is 4. The summed E-state index contributed by atoms with van der Waals surface area (Å²) in [6, 6.07) is 7.06. The molecule has 2 aliphatic heterocycles. The summed E-state index contributed by atoms with van der Waals surface area (Å²) in [6.45, 7) is 1.11. The van der Waals surface area contributed by atoms with Crippen LogP contribution in [-0.4, -0.2) is 22.2 Å². The highest BCUT2D eigenvalue weighted by atomic mass is 14.9. The third kappa shape index (κ3) is 2.66. The summed E-state index contributed by atoms with van der Waals surface area (Å²) in [6.07, 6.45) is 12.2. The van der Waals surface area contributed by atoms with E-state index in [-0.39, 0.29) is 6.04 Å². The minimum absolute atomic E-state index is 0.240. The molecule has 0 bridgehead atoms. The molecule has 1 fully saturated rings. The van der Waals surface area contributed by atoms with Crippen molar-refractivity contribution in [3.63, 3.8) is 0 Å². The number of nitrogens with one attached hydrogen (secondary N) is 1. The van der Waals surface area contributed by atoms with Gasteiger partial charge in [-0.15, -0.1) is 0 Å². The number of nitrogens with zero attached hydrogens (tertiary/aromatic N) is 3. The van der Waals surface area contributed by atoms with E-state index < -0.39 is 0 Å². The van der Waals surface area contributed by atoms with Gasteiger partial charge in [-0.3, -0.25) is 15.0 Å². The molecule has 0 saturated carbocycles. The second kappa shape index (κ2) is 5.97. The molecule has 0 radical (unpaired) electrons. The van der Waals surface area contributed by atoms with E-state index >= 15 is 0 Å². The van der Waals surface area contributed by atoms with Crippen molar-refractivity contribution in [2.45, 2.75) is 37.8 Å². The third-order valence-electron chi connectivity index (χ3n) is 4.59. The van der Waals surface area contributed by atoms with Crippen molar-refractivity contribution in [3.05, 3.63) is 59.7 Å². The van der Waals surface area contributed by atoms with Gasteiger partial charge in [0, 0.05) is 42.1 Å². The van der Waals surface area contributed by atoms with E-state index in [0.29, 0.717) is 6.04 Å². The van der Waals surface area contributed by atoms with Crippen LogP contribution in [0.3, 0.4) is 0 Å². The van der Waals surface area contributed by atoms with E-state index in [4.69, 9.17) is 4.99 Å². The molecule has 4 nitrogen and oxygen atoms in total. The quantitative estimate of drug-likeness (QED) is 0.945. The molecule has 112 valence electrons. The first-order valence-electron chi connectivity index (χ1n) is 8.05. The van der Waals surface area contributed by atoms with Gasteiger partial charge in [0.1, 0.15) is 0 Å². The minimum Gasteiger partial charge on any atom is -0.310 e. The average Bonchev–Trinajstić information content (AvgIpc) is 3.28. The highest BCUT2D eigenvalue weighted by molar-refractivity contribution is 6.01. The first-order valence-corrected chi connectivity index (χ1v) is 8.05. The Morgan fingerprint density at radius 2 is 2.00 bits per heavy atom. The Morgan fingerprint density at radius 3 is 2.82 bits per heavy atom. The lowest BCUT2D eigenvalue weighted by atomic mass is 10.0. The van der Waals surface area contributed by atoms with Crippen LogP contribution in [0, 0.1) is 0 Å². The summed E-state index contributed by atoms with van der Waals surface area (Å²) < 4.78 is 0. The van der Waals surface area contributed by atoms with E-state index in [1.807, 2.05) is 24.7 Å². The zero-order valence-corrected chi connectivity index (χ0v) is 12.6. The normalized spacial score (nSPS) is 24.5. The predicted octanol–water partition coefficient (Wildman–Crippen LogP) is 3.23. The van der Waals surface area contributed by atoms with Crippen LogP contribution in [-0.2, 0) is 0 Å². The Labute approximate surface area is 130 Å². The number of pyridine rings is 2. The molecular weight excluding hydrogens is 272 g/mol. The SMILES string of the molecule is c1cncc(C2=NC(c3cncc(C4CCCN4)c3)CC2)c1. The zero-order valence-electron chi connectivity index (χ0n) is 12.6. The highest BCUT2D eigenvalue weighted by Crippen LogP contribution is 2.32. The van der Waals surface area contributed by atoms with Crippen LogP contribution in [0.15, 0.2) is 48.0 Å². The number of aliphatic imine (C=N–C) groups is 1. The second-order valence-electron chi connectivity index (χ2n) is 6.07. The molecule has 0 aliphatic carbocycles. The maximum Gasteiger partial charge on any atom is 0.0771 e. The van der Waals surface area contributed by atoms with Crippen LogP contribution >= 0.6 is 0 Å². The number of hydrogen-bond donors (Lipinski definition) is 1. The van der Waals surface area contributed by atoms with E-state index in [1.54, 1.807) is 6.20 Å². The standard InChI is InChI=1S/C18H20N4/c1-3-13(10-19-7-1)17-5-6-18(22-17)15-9-14(11-20-12-15)16-4-2-8-21-16/h1,3,7,9-12,16,18,21H,2,4-6,8H2. The molecule has 1 N–H and O–H groups in total. The van der Waals surface area contributed by atoms with Crippen LogP contribution in [0.25, 0.3) is 0 Å². The maximum atomic E-state index is 4.91. The van der Waals surface area contributed by atoms with E-state index in [2.05, 4.69) is 27.4 Å². The van der Waals surface area contributed by atoms with Crippen LogP contribution in [0.1, 0.15) is 54.5 Å². The molecule has 2 atom stereocenters. The molecule has 2 aromatic heterocycles. The Balaban J connectivity index is 1.58. The van der Waals surface area contributed by atoms with Crippen molar-refractivity contribution in [3.8, 4) is 0 Å². The number of rotatable bonds is 3. The highest BCUT2D eigenvalue weighted by Gasteiger charge is 2.22. The monoisotopic (exact) mass is 292 g/mol. The van der Waals surface area contributed by atoms with Gasteiger partial charge in [-0.2, -0.15) is 0 Å². The zero-order chi connectivity index (χ0) is 14.8. The topological polar surface area (TPSA) is 50.2 Å². The summed E-state index contributed by atoms with van der Waals surface area (Å²) in [7, 11) is 0. The van der Waals surface area contributed by atoms with Gasteiger partial charge in [0.25, 0.3) is 0 Å². The van der Waals surface area contributed by atoms with Gasteiger partial charge in [0.15, 0.2) is 0 Å². The number of aromatic nitrogens is 2. The van der Waals surface area contributed by atoms with Gasteiger partial charge in [-0.05, 0) is 55.5 Å². The van der Waals surface area contributed by atoms with Crippen molar-refractivity contribution >= 4 is 5.71 Å². The molecule has 0 aromatic carbocycles. The third-order valence-corrected chi connectivity index (χ3v) is 4.59. The largest absolute Gasteiger partial charge is 0.310 e. The van der Waals surface area contributed by atoms with Crippen LogP contribution in [0.4, 0.5) is 0 Å². The van der Waals surface area contributed by atoms with E-state index in [0.717, 1.165) is 24.9 Å². The van der Waals surface area contributed by atoms with Gasteiger partial charge < -0.3 is 5.32 Å². The molecule has 2 aromatic rings. The van der Waals surface area contributed by atoms with Crippen molar-refractivity contribution in [1.82, 2.24) is 15.3 Å². The lowest BCUT2D eigenvalue weighted by Gasteiger charge is -2.13. The molecule has 2 unspecified atom stereocenters. The second-order valence-corrected chi connectivity index (χ2v) is 6.07. The molecular formula is C18H20N4. The molecule has 2 aliphatic rings. The molecule has 0 spiro atoms. The fourth-order valence-corrected chi connectivity index (χ4v) is 3.40. The molecule has 22 heavy (non-hydrogen) atoms. The summed E-state index contributed by atoms with van der Waals surface area (Å²) in [5.41, 5.74) is 4.86. The average molecular weight is 292 g/mol. The summed E-state index contributed by atoms with van der Waals surface area (Å²) >= 11 is 0. The first kappa shape index (κ1) is 13.6. The summed E-state index contributed by atoms with van der Waals surface area (Å²) in [5, 5.41) is 3.54. The van der Waals surface area contributed by atoms with Crippen molar-refractivity contribution < 1.29 is 0 Å². The van der Waals surface area contributed by atoms with E-state index in [9.17, 15) is 0 Å². The Kier molecular flexibility index (Phi) is 3.69. The Morgan fingerprint density at radius 1 is 1.05 bits per heavy atom. The van der Waals surface area contributed by atoms with Crippen LogP contribution in [0.2, 0.25) is 0 Å². The molecule has 4 rings (SSSR count). The van der Waals surface area contributed by atoms with Crippen molar-refractivity contribution in [2.24, 2.45) is 4.99 Å². The van der Waals surface area contributed by atoms with Gasteiger partial charge in [0.2, 0.25) is 0 Å². The molecule has 0 amide bonds. The van der Waals surface area contributed by atoms with Crippen molar-refractivity contribution in [1.29, 1.82) is 0 Å². The Bertz CT molecular complexity index is 674. The molecule has 4 heterocycles. The van der Waals surface area contributed by atoms with Gasteiger partial charge in [-0.25, -0.2) is 0 Å². The van der Waals surface area contributed by atoms with E-state index in [1.165, 1.54) is 29.7 Å². The van der Waals surface area contributed by atoms with Crippen molar-refractivity contribution in [2.75, 3.05) is 6.54 Å². The molecule has 4 heteroatoms. The van der Waals surface area contributed by atoms with Crippen LogP contribution in [0.5, 0.6) is 0 Å². The predicted molar refractivity (Wildman–Crippen MR) is 87.0 cm³/mol. The molecule has 1 saturated heterocycles. The first-order chi connectivity index (χ1) is 10.9. The summed E-state index contributed by atoms with van der Waals surface area (Å²) in [5.74, 6) is 0. The van der Waals surface area contributed by atoms with Gasteiger partial charge in [0.05, 0.1) is 6.04 Å². The fraction of sp³-hybridized carbons (Fsp3) is 0.389. The van der Waals surface area contributed by atoms with Gasteiger partial charge in [-0.1, -0.05) is 6.07 Å². The lowest BCUT2D eigenvalue weighted by Crippen LogP contribution is -2.13.